The van der Waals surface area contributed by atoms with Crippen LogP contribution in [0.2, 0.25) is 0 Å². The molecule has 8 nitrogen and oxygen atoms in total. The third-order valence-corrected chi connectivity index (χ3v) is 5.09. The number of aliphatic hydroxyl groups is 1. The van der Waals surface area contributed by atoms with Crippen molar-refractivity contribution in [1.82, 2.24) is 15.7 Å². The van der Waals surface area contributed by atoms with Gasteiger partial charge in [-0.25, -0.2) is 5.06 Å². The van der Waals surface area contributed by atoms with E-state index in [0.717, 1.165) is 12.0 Å². The highest BCUT2D eigenvalue weighted by Gasteiger charge is 2.36. The first-order valence-electron chi connectivity index (χ1n) is 10.3. The summed E-state index contributed by atoms with van der Waals surface area (Å²) in [4.78, 5) is 36.6. The predicted octanol–water partition coefficient (Wildman–Crippen LogP) is 1.50. The molecule has 0 saturated heterocycles. The van der Waals surface area contributed by atoms with Crippen LogP contribution in [0.3, 0.4) is 0 Å². The Bertz CT molecular complexity index is 675. The average molecular weight is 422 g/mol. The maximum Gasteiger partial charge on any atom is 0.243 e. The molecule has 0 aliphatic carbocycles. The van der Waals surface area contributed by atoms with Crippen molar-refractivity contribution in [3.05, 3.63) is 35.9 Å². The molecule has 168 valence electrons. The van der Waals surface area contributed by atoms with Crippen molar-refractivity contribution in [2.75, 3.05) is 13.2 Å². The standard InChI is InChI=1S/C22H35N3O5/c1-16(25(30)15-27)18(12-8-11-17-9-6-5-7-10-17)20(28)24-19(22(2,3)4)21(29)23-13-14-26/h5-7,9-10,15-16,18-19,26,30H,8,11-14H2,1-4H3,(H,23,29)(H,24,28)/t16-,18?,19?/m0/s1. The molecule has 0 radical (unpaired) electrons. The molecule has 4 N–H and O–H groups in total. The Kier molecular flexibility index (Phi) is 10.5. The maximum absolute atomic E-state index is 13.1. The minimum atomic E-state index is -0.830. The minimum Gasteiger partial charge on any atom is -0.395 e. The molecule has 0 aromatic heterocycles. The number of rotatable bonds is 12. The fraction of sp³-hybridized carbons (Fsp3) is 0.591. The van der Waals surface area contributed by atoms with Gasteiger partial charge in [-0.3, -0.25) is 19.6 Å². The fourth-order valence-electron chi connectivity index (χ4n) is 3.25. The Morgan fingerprint density at radius 3 is 2.33 bits per heavy atom. The molecule has 0 saturated carbocycles. The number of carbonyl (C=O) groups is 3. The summed E-state index contributed by atoms with van der Waals surface area (Å²) >= 11 is 0. The molecule has 30 heavy (non-hydrogen) atoms. The zero-order valence-corrected chi connectivity index (χ0v) is 18.3. The van der Waals surface area contributed by atoms with Gasteiger partial charge < -0.3 is 15.7 Å². The average Bonchev–Trinajstić information content (AvgIpc) is 2.72. The van der Waals surface area contributed by atoms with E-state index in [1.165, 1.54) is 0 Å². The van der Waals surface area contributed by atoms with Gasteiger partial charge in [0.1, 0.15) is 6.04 Å². The predicted molar refractivity (Wildman–Crippen MR) is 114 cm³/mol. The monoisotopic (exact) mass is 421 g/mol. The van der Waals surface area contributed by atoms with Gasteiger partial charge in [-0.05, 0) is 37.2 Å². The van der Waals surface area contributed by atoms with Crippen LogP contribution in [0.1, 0.15) is 46.1 Å². The van der Waals surface area contributed by atoms with Crippen molar-refractivity contribution in [2.24, 2.45) is 11.3 Å². The third kappa shape index (κ3) is 8.12. The van der Waals surface area contributed by atoms with E-state index in [0.29, 0.717) is 17.9 Å². The second kappa shape index (κ2) is 12.3. The molecule has 0 aliphatic rings. The van der Waals surface area contributed by atoms with E-state index in [1.807, 2.05) is 51.1 Å². The quantitative estimate of drug-likeness (QED) is 0.232. The van der Waals surface area contributed by atoms with E-state index in [2.05, 4.69) is 10.6 Å². The summed E-state index contributed by atoms with van der Waals surface area (Å²) in [6.07, 6.45) is 2.14. The lowest BCUT2D eigenvalue weighted by atomic mass is 9.84. The minimum absolute atomic E-state index is 0.0910. The number of aryl methyl sites for hydroxylation is 1. The van der Waals surface area contributed by atoms with Crippen LogP contribution in [0.25, 0.3) is 0 Å². The Balaban J connectivity index is 2.92. The van der Waals surface area contributed by atoms with Crippen molar-refractivity contribution in [1.29, 1.82) is 0 Å². The van der Waals surface area contributed by atoms with Gasteiger partial charge in [-0.15, -0.1) is 0 Å². The molecule has 3 amide bonds. The van der Waals surface area contributed by atoms with E-state index in [4.69, 9.17) is 5.11 Å². The second-order valence-corrected chi connectivity index (χ2v) is 8.53. The van der Waals surface area contributed by atoms with Crippen LogP contribution in [-0.4, -0.2) is 58.8 Å². The Hall–Kier alpha value is -2.45. The lowest BCUT2D eigenvalue weighted by molar-refractivity contribution is -0.166. The highest BCUT2D eigenvalue weighted by atomic mass is 16.5. The Labute approximate surface area is 178 Å². The highest BCUT2D eigenvalue weighted by molar-refractivity contribution is 5.89. The van der Waals surface area contributed by atoms with Gasteiger partial charge in [-0.1, -0.05) is 51.1 Å². The number of hydroxylamine groups is 2. The van der Waals surface area contributed by atoms with Crippen molar-refractivity contribution in [3.63, 3.8) is 0 Å². The summed E-state index contributed by atoms with van der Waals surface area (Å²) in [7, 11) is 0. The molecule has 8 heteroatoms. The summed E-state index contributed by atoms with van der Waals surface area (Å²) in [6.45, 7) is 6.97. The van der Waals surface area contributed by atoms with Crippen LogP contribution in [0.15, 0.2) is 30.3 Å². The number of aliphatic hydroxyl groups excluding tert-OH is 1. The SMILES string of the molecule is C[C@@H](C(CCCc1ccccc1)C(=O)NC(C(=O)NCCO)C(C)(C)C)N(O)C=O. The van der Waals surface area contributed by atoms with Gasteiger partial charge in [0.25, 0.3) is 0 Å². The molecule has 3 atom stereocenters. The first-order valence-corrected chi connectivity index (χ1v) is 10.3. The first kappa shape index (κ1) is 25.6. The van der Waals surface area contributed by atoms with Crippen molar-refractivity contribution >= 4 is 18.2 Å². The first-order chi connectivity index (χ1) is 14.1. The summed E-state index contributed by atoms with van der Waals surface area (Å²) in [5, 5.41) is 24.7. The van der Waals surface area contributed by atoms with Gasteiger partial charge in [0.05, 0.1) is 18.6 Å². The zero-order chi connectivity index (χ0) is 22.7. The fourth-order valence-corrected chi connectivity index (χ4v) is 3.25. The lowest BCUT2D eigenvalue weighted by Gasteiger charge is -2.33. The van der Waals surface area contributed by atoms with Crippen LogP contribution >= 0.6 is 0 Å². The van der Waals surface area contributed by atoms with Crippen LogP contribution in [0.5, 0.6) is 0 Å². The number of carbonyl (C=O) groups excluding carboxylic acids is 3. The summed E-state index contributed by atoms with van der Waals surface area (Å²) in [5.74, 6) is -1.49. The van der Waals surface area contributed by atoms with Gasteiger partial charge in [0.15, 0.2) is 0 Å². The van der Waals surface area contributed by atoms with Crippen molar-refractivity contribution in [2.45, 2.75) is 59.0 Å². The van der Waals surface area contributed by atoms with Gasteiger partial charge in [0.2, 0.25) is 18.2 Å². The molecular formula is C22H35N3O5. The smallest absolute Gasteiger partial charge is 0.243 e. The number of nitrogens with zero attached hydrogens (tertiary/aromatic N) is 1. The lowest BCUT2D eigenvalue weighted by Crippen LogP contribution is -2.56. The topological polar surface area (TPSA) is 119 Å². The molecule has 0 fully saturated rings. The number of nitrogens with one attached hydrogen (secondary N) is 2. The largest absolute Gasteiger partial charge is 0.395 e. The van der Waals surface area contributed by atoms with Gasteiger partial charge in [-0.2, -0.15) is 0 Å². The second-order valence-electron chi connectivity index (χ2n) is 8.53. The van der Waals surface area contributed by atoms with E-state index in [1.54, 1.807) is 6.92 Å². The number of amides is 3. The summed E-state index contributed by atoms with van der Waals surface area (Å²) < 4.78 is 0. The maximum atomic E-state index is 13.1. The van der Waals surface area contributed by atoms with E-state index in [-0.39, 0.29) is 19.6 Å². The zero-order valence-electron chi connectivity index (χ0n) is 18.3. The van der Waals surface area contributed by atoms with Crippen molar-refractivity contribution in [3.8, 4) is 0 Å². The number of hydrogen-bond acceptors (Lipinski definition) is 5. The normalized spacial score (nSPS) is 14.3. The molecular weight excluding hydrogens is 386 g/mol. The van der Waals surface area contributed by atoms with Gasteiger partial charge >= 0.3 is 0 Å². The van der Waals surface area contributed by atoms with E-state index in [9.17, 15) is 19.6 Å². The number of benzene rings is 1. The Morgan fingerprint density at radius 1 is 1.17 bits per heavy atom. The van der Waals surface area contributed by atoms with Crippen LogP contribution in [0, 0.1) is 11.3 Å². The third-order valence-electron chi connectivity index (χ3n) is 5.09. The van der Waals surface area contributed by atoms with Crippen molar-refractivity contribution < 1.29 is 24.7 Å². The molecule has 0 spiro atoms. The summed E-state index contributed by atoms with van der Waals surface area (Å²) in [6, 6.07) is 8.26. The highest BCUT2D eigenvalue weighted by Crippen LogP contribution is 2.23. The molecule has 0 aliphatic heterocycles. The van der Waals surface area contributed by atoms with E-state index >= 15 is 0 Å². The molecule has 1 aromatic carbocycles. The molecule has 2 unspecified atom stereocenters. The Morgan fingerprint density at radius 2 is 1.80 bits per heavy atom. The molecule has 1 aromatic rings. The van der Waals surface area contributed by atoms with Crippen LogP contribution in [0.4, 0.5) is 0 Å². The van der Waals surface area contributed by atoms with Gasteiger partial charge in [0, 0.05) is 6.54 Å². The summed E-state index contributed by atoms with van der Waals surface area (Å²) in [5.41, 5.74) is 0.563. The molecule has 0 heterocycles. The van der Waals surface area contributed by atoms with Crippen LogP contribution < -0.4 is 10.6 Å². The molecule has 1 rings (SSSR count). The van der Waals surface area contributed by atoms with E-state index < -0.39 is 35.2 Å². The van der Waals surface area contributed by atoms with Crippen LogP contribution in [-0.2, 0) is 20.8 Å². The number of hydrogen-bond donors (Lipinski definition) is 4. The molecule has 0 bridgehead atoms.